The maximum atomic E-state index is 13.9. The third-order valence-electron chi connectivity index (χ3n) is 3.30. The molecule has 0 spiro atoms. The van der Waals surface area contributed by atoms with Crippen molar-refractivity contribution in [2.45, 2.75) is 39.2 Å². The predicted molar refractivity (Wildman–Crippen MR) is 85.5 cm³/mol. The second kappa shape index (κ2) is 9.48. The fourth-order valence-corrected chi connectivity index (χ4v) is 2.80. The van der Waals surface area contributed by atoms with Crippen LogP contribution in [0.15, 0.2) is 22.7 Å². The summed E-state index contributed by atoms with van der Waals surface area (Å²) in [6.07, 6.45) is 2.77. The molecule has 0 fully saturated rings. The van der Waals surface area contributed by atoms with Crippen LogP contribution in [0.4, 0.5) is 4.39 Å². The maximum Gasteiger partial charge on any atom is 0.126 e. The van der Waals surface area contributed by atoms with Crippen LogP contribution in [0.5, 0.6) is 0 Å². The van der Waals surface area contributed by atoms with Gasteiger partial charge in [0.05, 0.1) is 0 Å². The second-order valence-electron chi connectivity index (χ2n) is 5.39. The number of rotatable bonds is 9. The molecule has 20 heavy (non-hydrogen) atoms. The minimum Gasteiger partial charge on any atom is -0.384 e. The van der Waals surface area contributed by atoms with Crippen molar-refractivity contribution in [3.8, 4) is 0 Å². The van der Waals surface area contributed by atoms with Crippen LogP contribution in [0.25, 0.3) is 0 Å². The third kappa shape index (κ3) is 6.33. The van der Waals surface area contributed by atoms with Gasteiger partial charge >= 0.3 is 0 Å². The van der Waals surface area contributed by atoms with Crippen molar-refractivity contribution in [3.05, 3.63) is 34.1 Å². The summed E-state index contributed by atoms with van der Waals surface area (Å²) in [4.78, 5) is 0. The average molecular weight is 346 g/mol. The molecule has 0 aromatic heterocycles. The first-order valence-corrected chi connectivity index (χ1v) is 8.02. The summed E-state index contributed by atoms with van der Waals surface area (Å²) < 4.78 is 20.0. The van der Waals surface area contributed by atoms with Crippen molar-refractivity contribution in [3.63, 3.8) is 0 Å². The van der Waals surface area contributed by atoms with Gasteiger partial charge in [-0.25, -0.2) is 4.39 Å². The van der Waals surface area contributed by atoms with Gasteiger partial charge in [0.2, 0.25) is 0 Å². The molecule has 2 unspecified atom stereocenters. The first kappa shape index (κ1) is 17.6. The summed E-state index contributed by atoms with van der Waals surface area (Å²) in [5.41, 5.74) is 0.762. The largest absolute Gasteiger partial charge is 0.384 e. The molecular formula is C16H25BrFNO. The van der Waals surface area contributed by atoms with Gasteiger partial charge in [-0.15, -0.1) is 0 Å². The molecule has 1 aromatic rings. The summed E-state index contributed by atoms with van der Waals surface area (Å²) in [6.45, 7) is 6.01. The smallest absolute Gasteiger partial charge is 0.126 e. The zero-order valence-corrected chi connectivity index (χ0v) is 14.2. The van der Waals surface area contributed by atoms with Gasteiger partial charge in [0.15, 0.2) is 0 Å². The Balaban J connectivity index is 2.69. The quantitative estimate of drug-likeness (QED) is 0.725. The molecule has 0 amide bonds. The summed E-state index contributed by atoms with van der Waals surface area (Å²) in [5.74, 6) is 0.334. The molecule has 0 aliphatic rings. The average Bonchev–Trinajstić information content (AvgIpc) is 2.40. The van der Waals surface area contributed by atoms with E-state index in [1.807, 2.05) is 6.07 Å². The first-order valence-electron chi connectivity index (χ1n) is 7.23. The molecule has 1 rings (SSSR count). The van der Waals surface area contributed by atoms with E-state index in [2.05, 4.69) is 35.1 Å². The summed E-state index contributed by atoms with van der Waals surface area (Å²) in [6, 6.07) is 5.41. The van der Waals surface area contributed by atoms with Crippen LogP contribution >= 0.6 is 15.9 Å². The molecule has 0 radical (unpaired) electrons. The molecule has 114 valence electrons. The zero-order valence-electron chi connectivity index (χ0n) is 12.6. The molecular weight excluding hydrogens is 321 g/mol. The zero-order chi connectivity index (χ0) is 15.0. The van der Waals surface area contributed by atoms with Crippen LogP contribution in [0.2, 0.25) is 0 Å². The van der Waals surface area contributed by atoms with Gasteiger partial charge < -0.3 is 10.1 Å². The second-order valence-corrected chi connectivity index (χ2v) is 6.30. The number of nitrogens with one attached hydrogen (secondary N) is 1. The summed E-state index contributed by atoms with van der Waals surface area (Å²) in [7, 11) is 1.72. The number of ether oxygens (including phenoxy) is 1. The first-order chi connectivity index (χ1) is 9.56. The molecule has 1 N–H and O–H groups in total. The Bertz CT molecular complexity index is 400. The van der Waals surface area contributed by atoms with Crippen molar-refractivity contribution >= 4 is 15.9 Å². The summed E-state index contributed by atoms with van der Waals surface area (Å²) >= 11 is 3.41. The minimum absolute atomic E-state index is 0.129. The van der Waals surface area contributed by atoms with Crippen LogP contribution in [-0.4, -0.2) is 26.3 Å². The van der Waals surface area contributed by atoms with Crippen molar-refractivity contribution in [2.75, 3.05) is 20.3 Å². The number of benzene rings is 1. The molecule has 0 heterocycles. The van der Waals surface area contributed by atoms with Gasteiger partial charge in [-0.1, -0.05) is 29.8 Å². The molecule has 0 bridgehead atoms. The lowest BCUT2D eigenvalue weighted by atomic mass is 9.96. The minimum atomic E-state index is -0.129. The highest BCUT2D eigenvalue weighted by molar-refractivity contribution is 9.10. The highest BCUT2D eigenvalue weighted by Crippen LogP contribution is 2.19. The van der Waals surface area contributed by atoms with Gasteiger partial charge in [-0.05, 0) is 55.5 Å². The van der Waals surface area contributed by atoms with Crippen LogP contribution in [0.1, 0.15) is 32.3 Å². The standard InChI is InChI=1S/C16H25BrFNO/c1-4-7-19-15(8-12(2)11-20-3)10-13-9-14(17)5-6-16(13)18/h5-6,9,12,15,19H,4,7-8,10-11H2,1-3H3. The van der Waals surface area contributed by atoms with Crippen molar-refractivity contribution in [2.24, 2.45) is 5.92 Å². The molecule has 0 saturated heterocycles. The fourth-order valence-electron chi connectivity index (χ4n) is 2.39. The Morgan fingerprint density at radius 3 is 2.80 bits per heavy atom. The lowest BCUT2D eigenvalue weighted by Gasteiger charge is -2.22. The van der Waals surface area contributed by atoms with E-state index in [1.54, 1.807) is 13.2 Å². The highest BCUT2D eigenvalue weighted by Gasteiger charge is 2.15. The van der Waals surface area contributed by atoms with E-state index in [-0.39, 0.29) is 11.9 Å². The normalized spacial score (nSPS) is 14.2. The number of hydrogen-bond donors (Lipinski definition) is 1. The van der Waals surface area contributed by atoms with Crippen LogP contribution in [0, 0.1) is 11.7 Å². The monoisotopic (exact) mass is 345 g/mol. The van der Waals surface area contributed by atoms with Crippen molar-refractivity contribution in [1.82, 2.24) is 5.32 Å². The van der Waals surface area contributed by atoms with E-state index in [9.17, 15) is 4.39 Å². The van der Waals surface area contributed by atoms with Crippen LogP contribution < -0.4 is 5.32 Å². The van der Waals surface area contributed by atoms with Gasteiger partial charge in [-0.3, -0.25) is 0 Å². The van der Waals surface area contributed by atoms with Crippen molar-refractivity contribution < 1.29 is 9.13 Å². The number of hydrogen-bond acceptors (Lipinski definition) is 2. The Kier molecular flexibility index (Phi) is 8.34. The van der Waals surface area contributed by atoms with Gasteiger partial charge in [0, 0.05) is 24.2 Å². The molecule has 2 nitrogen and oxygen atoms in total. The Hall–Kier alpha value is -0.450. The lowest BCUT2D eigenvalue weighted by Crippen LogP contribution is -2.34. The van der Waals surface area contributed by atoms with Crippen molar-refractivity contribution in [1.29, 1.82) is 0 Å². The van der Waals surface area contributed by atoms with Gasteiger partial charge in [0.25, 0.3) is 0 Å². The van der Waals surface area contributed by atoms with E-state index in [1.165, 1.54) is 6.07 Å². The molecule has 1 aromatic carbocycles. The fraction of sp³-hybridized carbons (Fsp3) is 0.625. The maximum absolute atomic E-state index is 13.9. The van der Waals surface area contributed by atoms with E-state index in [0.29, 0.717) is 12.3 Å². The summed E-state index contributed by atoms with van der Waals surface area (Å²) in [5, 5.41) is 3.52. The molecule has 0 aliphatic carbocycles. The Labute approximate surface area is 130 Å². The number of halogens is 2. The molecule has 2 atom stereocenters. The SMILES string of the molecule is CCCNC(Cc1cc(Br)ccc1F)CC(C)COC. The number of methoxy groups -OCH3 is 1. The Morgan fingerprint density at radius 1 is 1.40 bits per heavy atom. The van der Waals surface area contributed by atoms with E-state index >= 15 is 0 Å². The van der Waals surface area contributed by atoms with E-state index < -0.39 is 0 Å². The van der Waals surface area contributed by atoms with Crippen LogP contribution in [-0.2, 0) is 11.2 Å². The topological polar surface area (TPSA) is 21.3 Å². The lowest BCUT2D eigenvalue weighted by molar-refractivity contribution is 0.149. The third-order valence-corrected chi connectivity index (χ3v) is 3.79. The highest BCUT2D eigenvalue weighted by atomic mass is 79.9. The van der Waals surface area contributed by atoms with Crippen LogP contribution in [0.3, 0.4) is 0 Å². The van der Waals surface area contributed by atoms with Gasteiger partial charge in [0.1, 0.15) is 5.82 Å². The Morgan fingerprint density at radius 2 is 2.15 bits per heavy atom. The van der Waals surface area contributed by atoms with E-state index in [4.69, 9.17) is 4.74 Å². The predicted octanol–water partition coefficient (Wildman–Crippen LogP) is 4.17. The van der Waals surface area contributed by atoms with Gasteiger partial charge in [-0.2, -0.15) is 0 Å². The molecule has 0 saturated carbocycles. The van der Waals surface area contributed by atoms with E-state index in [0.717, 1.165) is 36.0 Å². The molecule has 0 aliphatic heterocycles. The molecule has 4 heteroatoms.